The molecule has 1 aromatic carbocycles. The van der Waals surface area contributed by atoms with Crippen LogP contribution in [0, 0.1) is 0 Å². The minimum Gasteiger partial charge on any atom is -0.438 e. The van der Waals surface area contributed by atoms with Gasteiger partial charge in [0.15, 0.2) is 0 Å². The molecular weight excluding hydrogens is 348 g/mol. The predicted molar refractivity (Wildman–Crippen MR) is 101 cm³/mol. The van der Waals surface area contributed by atoms with Crippen LogP contribution in [0.25, 0.3) is 21.2 Å². The Morgan fingerprint density at radius 3 is 3.04 bits per heavy atom. The molecule has 0 aliphatic heterocycles. The fourth-order valence-corrected chi connectivity index (χ4v) is 4.87. The summed E-state index contributed by atoms with van der Waals surface area (Å²) in [7, 11) is 0. The summed E-state index contributed by atoms with van der Waals surface area (Å²) < 4.78 is 11.5. The molecule has 6 heteroatoms. The van der Waals surface area contributed by atoms with Crippen molar-refractivity contribution in [2.75, 3.05) is 0 Å². The Morgan fingerprint density at radius 1 is 1.23 bits per heavy atom. The average molecular weight is 364 g/mol. The predicted octanol–water partition coefficient (Wildman–Crippen LogP) is 4.64. The van der Waals surface area contributed by atoms with E-state index in [4.69, 9.17) is 9.15 Å². The summed E-state index contributed by atoms with van der Waals surface area (Å²) in [4.78, 5) is 22.9. The van der Waals surface area contributed by atoms with E-state index in [1.807, 2.05) is 19.1 Å². The van der Waals surface area contributed by atoms with Gasteiger partial charge in [0, 0.05) is 22.4 Å². The van der Waals surface area contributed by atoms with Crippen LogP contribution >= 0.6 is 11.3 Å². The number of aromatic nitrogens is 2. The Labute approximate surface area is 153 Å². The SMILES string of the molecule is CCc1cc(=O)oc2cc(Oc3ncnc4sc5c(c34)CCC5)ccc12. The quantitative estimate of drug-likeness (QED) is 0.496. The largest absolute Gasteiger partial charge is 0.438 e. The van der Waals surface area contributed by atoms with Crippen molar-refractivity contribution in [2.45, 2.75) is 32.6 Å². The molecule has 5 nitrogen and oxygen atoms in total. The van der Waals surface area contributed by atoms with E-state index < -0.39 is 0 Å². The highest BCUT2D eigenvalue weighted by molar-refractivity contribution is 7.18. The number of ether oxygens (including phenoxy) is 1. The van der Waals surface area contributed by atoms with Gasteiger partial charge in [-0.15, -0.1) is 11.3 Å². The van der Waals surface area contributed by atoms with Crippen molar-refractivity contribution >= 4 is 32.5 Å². The summed E-state index contributed by atoms with van der Waals surface area (Å²) in [5, 5.41) is 1.96. The number of benzene rings is 1. The molecule has 0 atom stereocenters. The second-order valence-electron chi connectivity index (χ2n) is 6.42. The third-order valence-electron chi connectivity index (χ3n) is 4.86. The third-order valence-corrected chi connectivity index (χ3v) is 6.06. The maximum atomic E-state index is 11.8. The van der Waals surface area contributed by atoms with Gasteiger partial charge in [0.05, 0.1) is 5.39 Å². The van der Waals surface area contributed by atoms with Crippen LogP contribution in [0.5, 0.6) is 11.6 Å². The van der Waals surface area contributed by atoms with Crippen LogP contribution in [0.2, 0.25) is 0 Å². The summed E-state index contributed by atoms with van der Waals surface area (Å²) in [6.45, 7) is 2.02. The first-order valence-electron chi connectivity index (χ1n) is 8.73. The monoisotopic (exact) mass is 364 g/mol. The zero-order valence-electron chi connectivity index (χ0n) is 14.2. The molecule has 0 unspecified atom stereocenters. The Balaban J connectivity index is 1.62. The Kier molecular flexibility index (Phi) is 3.53. The number of hydrogen-bond donors (Lipinski definition) is 0. The van der Waals surface area contributed by atoms with Crippen LogP contribution in [0.1, 0.15) is 29.3 Å². The van der Waals surface area contributed by atoms with Crippen molar-refractivity contribution < 1.29 is 9.15 Å². The van der Waals surface area contributed by atoms with Gasteiger partial charge >= 0.3 is 5.63 Å². The van der Waals surface area contributed by atoms with Crippen molar-refractivity contribution in [3.8, 4) is 11.6 Å². The highest BCUT2D eigenvalue weighted by atomic mass is 32.1. The molecule has 1 aliphatic rings. The first kappa shape index (κ1) is 15.5. The number of rotatable bonds is 3. The maximum absolute atomic E-state index is 11.8. The van der Waals surface area contributed by atoms with Gasteiger partial charge in [0.1, 0.15) is 22.5 Å². The molecule has 0 fully saturated rings. The van der Waals surface area contributed by atoms with Crippen molar-refractivity contribution in [2.24, 2.45) is 0 Å². The molecule has 1 aliphatic carbocycles. The van der Waals surface area contributed by atoms with E-state index >= 15 is 0 Å². The molecular formula is C20H16N2O3S. The summed E-state index contributed by atoms with van der Waals surface area (Å²) in [5.41, 5.74) is 2.49. The van der Waals surface area contributed by atoms with Crippen LogP contribution in [-0.2, 0) is 19.3 Å². The van der Waals surface area contributed by atoms with Gasteiger partial charge in [-0.25, -0.2) is 14.8 Å². The zero-order valence-corrected chi connectivity index (χ0v) is 15.1. The number of nitrogens with zero attached hydrogens (tertiary/aromatic N) is 2. The van der Waals surface area contributed by atoms with Gasteiger partial charge in [-0.3, -0.25) is 0 Å². The van der Waals surface area contributed by atoms with Crippen LogP contribution in [0.15, 0.2) is 39.8 Å². The Bertz CT molecular complexity index is 1210. The molecule has 130 valence electrons. The van der Waals surface area contributed by atoms with Gasteiger partial charge in [0.2, 0.25) is 5.88 Å². The molecule has 0 bridgehead atoms. The lowest BCUT2D eigenvalue weighted by molar-refractivity contribution is 0.466. The highest BCUT2D eigenvalue weighted by Crippen LogP contribution is 2.41. The molecule has 0 amide bonds. The summed E-state index contributed by atoms with van der Waals surface area (Å²) in [6.07, 6.45) is 5.64. The van der Waals surface area contributed by atoms with Crippen molar-refractivity contribution in [3.63, 3.8) is 0 Å². The molecule has 0 radical (unpaired) electrons. The molecule has 26 heavy (non-hydrogen) atoms. The first-order chi connectivity index (χ1) is 12.7. The second kappa shape index (κ2) is 5.92. The lowest BCUT2D eigenvalue weighted by atomic mass is 10.1. The molecule has 0 N–H and O–H groups in total. The number of hydrogen-bond acceptors (Lipinski definition) is 6. The smallest absolute Gasteiger partial charge is 0.336 e. The third kappa shape index (κ3) is 2.41. The van der Waals surface area contributed by atoms with E-state index in [0.717, 1.165) is 40.4 Å². The van der Waals surface area contributed by atoms with Crippen LogP contribution < -0.4 is 10.4 Å². The van der Waals surface area contributed by atoms with Crippen LogP contribution in [0.4, 0.5) is 0 Å². The minimum absolute atomic E-state index is 0.341. The van der Waals surface area contributed by atoms with Gasteiger partial charge in [-0.1, -0.05) is 6.92 Å². The second-order valence-corrected chi connectivity index (χ2v) is 7.50. The van der Waals surface area contributed by atoms with Crippen LogP contribution in [0.3, 0.4) is 0 Å². The van der Waals surface area contributed by atoms with E-state index in [1.165, 1.54) is 16.9 Å². The minimum atomic E-state index is -0.341. The van der Waals surface area contributed by atoms with Gasteiger partial charge in [-0.05, 0) is 48.9 Å². The molecule has 0 saturated heterocycles. The zero-order chi connectivity index (χ0) is 17.7. The molecule has 4 aromatic rings. The highest BCUT2D eigenvalue weighted by Gasteiger charge is 2.22. The lowest BCUT2D eigenvalue weighted by Gasteiger charge is -2.08. The normalized spacial score (nSPS) is 13.4. The number of thiophene rings is 1. The van der Waals surface area contributed by atoms with Gasteiger partial charge in [-0.2, -0.15) is 0 Å². The van der Waals surface area contributed by atoms with Gasteiger partial charge < -0.3 is 9.15 Å². The molecule has 5 rings (SSSR count). The van der Waals surface area contributed by atoms with E-state index in [-0.39, 0.29) is 5.63 Å². The summed E-state index contributed by atoms with van der Waals surface area (Å²) >= 11 is 1.73. The molecule has 0 saturated carbocycles. The number of aryl methyl sites for hydroxylation is 3. The van der Waals surface area contributed by atoms with E-state index in [1.54, 1.807) is 29.8 Å². The van der Waals surface area contributed by atoms with E-state index in [0.29, 0.717) is 17.2 Å². The Hall–Kier alpha value is -2.73. The topological polar surface area (TPSA) is 65.2 Å². The summed E-state index contributed by atoms with van der Waals surface area (Å²) in [5.74, 6) is 1.18. The lowest BCUT2D eigenvalue weighted by Crippen LogP contribution is -2.00. The number of fused-ring (bicyclic) bond motifs is 4. The average Bonchev–Trinajstić information content (AvgIpc) is 3.21. The van der Waals surface area contributed by atoms with Crippen molar-refractivity contribution in [1.82, 2.24) is 9.97 Å². The first-order valence-corrected chi connectivity index (χ1v) is 9.54. The molecule has 3 heterocycles. The standard InChI is InChI=1S/C20H16N2O3S/c1-2-11-8-17(23)25-15-9-12(6-7-13(11)15)24-19-18-14-4-3-5-16(14)26-20(18)22-10-21-19/h6-10H,2-5H2,1H3. The molecule has 3 aromatic heterocycles. The molecule has 0 spiro atoms. The van der Waals surface area contributed by atoms with Crippen molar-refractivity contribution in [3.05, 3.63) is 57.0 Å². The van der Waals surface area contributed by atoms with E-state index in [2.05, 4.69) is 9.97 Å². The van der Waals surface area contributed by atoms with Crippen molar-refractivity contribution in [1.29, 1.82) is 0 Å². The van der Waals surface area contributed by atoms with Gasteiger partial charge in [0.25, 0.3) is 0 Å². The fourth-order valence-electron chi connectivity index (χ4n) is 3.65. The van der Waals surface area contributed by atoms with E-state index in [9.17, 15) is 4.79 Å². The maximum Gasteiger partial charge on any atom is 0.336 e. The van der Waals surface area contributed by atoms with Crippen LogP contribution in [-0.4, -0.2) is 9.97 Å². The Morgan fingerprint density at radius 2 is 2.15 bits per heavy atom. The summed E-state index contributed by atoms with van der Waals surface area (Å²) in [6, 6.07) is 7.13. The fraction of sp³-hybridized carbons (Fsp3) is 0.250.